The number of para-hydroxylation sites is 1. The van der Waals surface area contributed by atoms with Crippen molar-refractivity contribution in [2.75, 3.05) is 11.5 Å². The van der Waals surface area contributed by atoms with E-state index in [1.165, 1.54) is 17.7 Å². The third kappa shape index (κ3) is 7.32. The van der Waals surface area contributed by atoms with Gasteiger partial charge in [-0.05, 0) is 85.5 Å². The summed E-state index contributed by atoms with van der Waals surface area (Å²) in [4.78, 5) is 12.6. The zero-order valence-electron chi connectivity index (χ0n) is 20.6. The van der Waals surface area contributed by atoms with Crippen LogP contribution >= 0.6 is 0 Å². The molecule has 7 nitrogen and oxygen atoms in total. The van der Waals surface area contributed by atoms with E-state index in [9.17, 15) is 10.1 Å². The van der Waals surface area contributed by atoms with Gasteiger partial charge < -0.3 is 10.0 Å². The third-order valence-corrected chi connectivity index (χ3v) is 6.03. The number of aliphatic hydroxyl groups is 1. The molecule has 7 heteroatoms. The molecule has 0 radical (unpaired) electrons. The van der Waals surface area contributed by atoms with E-state index >= 15 is 0 Å². The first-order chi connectivity index (χ1) is 18.1. The van der Waals surface area contributed by atoms with E-state index in [4.69, 9.17) is 5.11 Å². The lowest BCUT2D eigenvalue weighted by atomic mass is 10.1. The molecule has 4 aromatic carbocycles. The minimum Gasteiger partial charge on any atom is -0.396 e. The zero-order chi connectivity index (χ0) is 25.9. The van der Waals surface area contributed by atoms with Crippen molar-refractivity contribution in [3.05, 3.63) is 119 Å². The number of nitrogens with zero attached hydrogens (tertiary/aromatic N) is 4. The van der Waals surface area contributed by atoms with Crippen LogP contribution < -0.4 is 4.90 Å². The average molecular weight is 495 g/mol. The van der Waals surface area contributed by atoms with E-state index in [-0.39, 0.29) is 12.3 Å². The molecule has 0 atom stereocenters. The van der Waals surface area contributed by atoms with Crippen LogP contribution in [-0.4, -0.2) is 16.6 Å². The van der Waals surface area contributed by atoms with E-state index in [1.54, 1.807) is 12.1 Å². The topological polar surface area (TPSA) is 91.3 Å². The van der Waals surface area contributed by atoms with Gasteiger partial charge in [0.05, 0.1) is 16.3 Å². The number of non-ortho nitro benzene ring substituents is 1. The van der Waals surface area contributed by atoms with Crippen LogP contribution in [-0.2, 0) is 6.42 Å². The molecule has 0 saturated carbocycles. The van der Waals surface area contributed by atoms with E-state index in [0.29, 0.717) is 11.4 Å². The fourth-order valence-electron chi connectivity index (χ4n) is 4.06. The standard InChI is InChI=1S/C30H30N4O3/c35-23-7-2-1-4-8-24-11-17-28(18-12-24)33(27-9-5-3-6-10-27)29-19-13-25(14-20-29)31-32-26-15-21-30(22-16-26)34(36)37/h3,5-6,9-22,35H,1-2,4,7-8,23H2. The van der Waals surface area contributed by atoms with Gasteiger partial charge in [0.2, 0.25) is 0 Å². The van der Waals surface area contributed by atoms with Gasteiger partial charge in [-0.1, -0.05) is 43.2 Å². The Kier molecular flexibility index (Phi) is 9.10. The number of rotatable bonds is 12. The first-order valence-corrected chi connectivity index (χ1v) is 12.5. The second kappa shape index (κ2) is 13.1. The van der Waals surface area contributed by atoms with Gasteiger partial charge in [-0.15, -0.1) is 0 Å². The van der Waals surface area contributed by atoms with Gasteiger partial charge in [-0.25, -0.2) is 0 Å². The average Bonchev–Trinajstić information content (AvgIpc) is 2.94. The first-order valence-electron chi connectivity index (χ1n) is 12.5. The highest BCUT2D eigenvalue weighted by Gasteiger charge is 2.12. The fraction of sp³-hybridized carbons (Fsp3) is 0.200. The highest BCUT2D eigenvalue weighted by atomic mass is 16.6. The minimum atomic E-state index is -0.438. The number of aliphatic hydroxyl groups excluding tert-OH is 1. The summed E-state index contributed by atoms with van der Waals surface area (Å²) < 4.78 is 0. The summed E-state index contributed by atoms with van der Waals surface area (Å²) in [5, 5.41) is 28.2. The number of nitro groups is 1. The molecule has 37 heavy (non-hydrogen) atoms. The molecule has 0 amide bonds. The maximum absolute atomic E-state index is 10.8. The number of azo groups is 1. The molecule has 0 aliphatic heterocycles. The molecule has 0 aliphatic rings. The van der Waals surface area contributed by atoms with Crippen molar-refractivity contribution in [3.8, 4) is 0 Å². The van der Waals surface area contributed by atoms with Crippen molar-refractivity contribution < 1.29 is 10.0 Å². The van der Waals surface area contributed by atoms with Crippen molar-refractivity contribution in [1.29, 1.82) is 0 Å². The van der Waals surface area contributed by atoms with Crippen LogP contribution in [0.15, 0.2) is 113 Å². The van der Waals surface area contributed by atoms with Gasteiger partial charge in [0.15, 0.2) is 0 Å². The number of unbranched alkanes of at least 4 members (excludes halogenated alkanes) is 3. The molecule has 4 rings (SSSR count). The van der Waals surface area contributed by atoms with Gasteiger partial charge in [0, 0.05) is 35.8 Å². The maximum atomic E-state index is 10.8. The number of aryl methyl sites for hydroxylation is 1. The molecular formula is C30H30N4O3. The third-order valence-electron chi connectivity index (χ3n) is 6.03. The summed E-state index contributed by atoms with van der Waals surface area (Å²) in [6.07, 6.45) is 5.23. The van der Waals surface area contributed by atoms with Crippen LogP contribution in [0, 0.1) is 10.1 Å². The van der Waals surface area contributed by atoms with Crippen LogP contribution in [0.1, 0.15) is 31.2 Å². The molecule has 0 bridgehead atoms. The van der Waals surface area contributed by atoms with Crippen LogP contribution in [0.3, 0.4) is 0 Å². The summed E-state index contributed by atoms with van der Waals surface area (Å²) in [5.41, 5.74) is 5.69. The van der Waals surface area contributed by atoms with Crippen molar-refractivity contribution in [2.24, 2.45) is 10.2 Å². The molecule has 4 aromatic rings. The van der Waals surface area contributed by atoms with Crippen molar-refractivity contribution in [1.82, 2.24) is 0 Å². The highest BCUT2D eigenvalue weighted by molar-refractivity contribution is 5.77. The van der Waals surface area contributed by atoms with Crippen LogP contribution in [0.5, 0.6) is 0 Å². The summed E-state index contributed by atoms with van der Waals surface area (Å²) in [7, 11) is 0. The summed E-state index contributed by atoms with van der Waals surface area (Å²) >= 11 is 0. The molecule has 0 saturated heterocycles. The second-order valence-electron chi connectivity index (χ2n) is 8.72. The Hall–Kier alpha value is -4.36. The van der Waals surface area contributed by atoms with E-state index < -0.39 is 4.92 Å². The Morgan fingerprint density at radius 1 is 0.649 bits per heavy atom. The molecule has 188 valence electrons. The normalized spacial score (nSPS) is 11.1. The number of benzene rings is 4. The Morgan fingerprint density at radius 2 is 1.16 bits per heavy atom. The second-order valence-corrected chi connectivity index (χ2v) is 8.72. The lowest BCUT2D eigenvalue weighted by Gasteiger charge is -2.25. The summed E-state index contributed by atoms with van der Waals surface area (Å²) in [5.74, 6) is 0. The SMILES string of the molecule is O=[N+]([O-])c1ccc(N=Nc2ccc(N(c3ccccc3)c3ccc(CCCCCCO)cc3)cc2)cc1. The molecule has 0 unspecified atom stereocenters. The first kappa shape index (κ1) is 25.7. The van der Waals surface area contributed by atoms with Crippen molar-refractivity contribution in [2.45, 2.75) is 32.1 Å². The Bertz CT molecular complexity index is 1290. The van der Waals surface area contributed by atoms with Gasteiger partial charge in [0.25, 0.3) is 5.69 Å². The quantitative estimate of drug-likeness (QED) is 0.0924. The number of hydrogen-bond acceptors (Lipinski definition) is 6. The van der Waals surface area contributed by atoms with E-state index in [1.807, 2.05) is 42.5 Å². The maximum Gasteiger partial charge on any atom is 0.269 e. The van der Waals surface area contributed by atoms with Gasteiger partial charge in [-0.3, -0.25) is 10.1 Å². The van der Waals surface area contributed by atoms with Gasteiger partial charge in [-0.2, -0.15) is 10.2 Å². The molecule has 0 aliphatic carbocycles. The molecule has 0 fully saturated rings. The number of hydrogen-bond donors (Lipinski definition) is 1. The molecule has 0 heterocycles. The van der Waals surface area contributed by atoms with Crippen LogP contribution in [0.25, 0.3) is 0 Å². The van der Waals surface area contributed by atoms with Crippen LogP contribution in [0.4, 0.5) is 34.1 Å². The molecule has 1 N–H and O–H groups in total. The lowest BCUT2D eigenvalue weighted by molar-refractivity contribution is -0.384. The number of anilines is 3. The van der Waals surface area contributed by atoms with Gasteiger partial charge >= 0.3 is 0 Å². The molecular weight excluding hydrogens is 464 g/mol. The minimum absolute atomic E-state index is 0.0235. The summed E-state index contributed by atoms with van der Waals surface area (Å²) in [6.45, 7) is 0.271. The Balaban J connectivity index is 1.49. The lowest BCUT2D eigenvalue weighted by Crippen LogP contribution is -2.09. The highest BCUT2D eigenvalue weighted by Crippen LogP contribution is 2.35. The van der Waals surface area contributed by atoms with E-state index in [2.05, 4.69) is 51.5 Å². The smallest absolute Gasteiger partial charge is 0.269 e. The zero-order valence-corrected chi connectivity index (χ0v) is 20.6. The molecule has 0 aromatic heterocycles. The Labute approximate surface area is 216 Å². The summed E-state index contributed by atoms with van der Waals surface area (Å²) in [6, 6.07) is 32.7. The van der Waals surface area contributed by atoms with E-state index in [0.717, 1.165) is 49.2 Å². The van der Waals surface area contributed by atoms with Crippen LogP contribution in [0.2, 0.25) is 0 Å². The number of nitro benzene ring substituents is 1. The Morgan fingerprint density at radius 3 is 1.73 bits per heavy atom. The fourth-order valence-corrected chi connectivity index (χ4v) is 4.06. The largest absolute Gasteiger partial charge is 0.396 e. The monoisotopic (exact) mass is 494 g/mol. The van der Waals surface area contributed by atoms with Crippen molar-refractivity contribution in [3.63, 3.8) is 0 Å². The molecule has 0 spiro atoms. The van der Waals surface area contributed by atoms with Gasteiger partial charge in [0.1, 0.15) is 0 Å². The van der Waals surface area contributed by atoms with Crippen molar-refractivity contribution >= 4 is 34.1 Å². The predicted octanol–water partition coefficient (Wildman–Crippen LogP) is 8.58. The predicted molar refractivity (Wildman–Crippen MR) is 148 cm³/mol.